The second-order valence-electron chi connectivity index (χ2n) is 10.1. The van der Waals surface area contributed by atoms with Crippen molar-refractivity contribution in [3.8, 4) is 0 Å². The number of ether oxygens (including phenoxy) is 1. The Bertz CT molecular complexity index is 1490. The number of halogens is 1. The molecule has 3 aromatic rings. The fourth-order valence-corrected chi connectivity index (χ4v) is 5.01. The SMILES string of the molecule is Cc1cc([C@@H](C)Nc2ccc(Cl)nc2C(=O)O)c2nc(N3CCN(C(=O)OC(C)C)[C@@H](C)C3)n(C)c(=O)c2c1. The fraction of sp³-hybridized carbons (Fsp3) is 0.444. The molecule has 0 spiro atoms. The molecule has 39 heavy (non-hydrogen) atoms. The van der Waals surface area contributed by atoms with Crippen molar-refractivity contribution < 1.29 is 19.4 Å². The largest absolute Gasteiger partial charge is 0.476 e. The first-order valence-electron chi connectivity index (χ1n) is 12.8. The molecule has 0 unspecified atom stereocenters. The highest BCUT2D eigenvalue weighted by Gasteiger charge is 2.31. The van der Waals surface area contributed by atoms with Crippen molar-refractivity contribution in [2.45, 2.75) is 52.8 Å². The summed E-state index contributed by atoms with van der Waals surface area (Å²) < 4.78 is 6.91. The monoisotopic (exact) mass is 556 g/mol. The molecule has 1 saturated heterocycles. The van der Waals surface area contributed by atoms with Gasteiger partial charge in [-0.25, -0.2) is 19.6 Å². The first kappa shape index (κ1) is 28.2. The average Bonchev–Trinajstić information content (AvgIpc) is 2.86. The molecule has 2 aromatic heterocycles. The van der Waals surface area contributed by atoms with Crippen molar-refractivity contribution in [2.75, 3.05) is 29.9 Å². The second kappa shape index (κ2) is 11.1. The predicted octanol–water partition coefficient (Wildman–Crippen LogP) is 4.22. The maximum atomic E-state index is 13.5. The smallest absolute Gasteiger partial charge is 0.410 e. The number of carbonyl (C=O) groups is 2. The van der Waals surface area contributed by atoms with E-state index in [-0.39, 0.29) is 34.6 Å². The van der Waals surface area contributed by atoms with Crippen molar-refractivity contribution in [1.82, 2.24) is 19.4 Å². The van der Waals surface area contributed by atoms with E-state index in [1.807, 2.05) is 45.6 Å². The lowest BCUT2D eigenvalue weighted by Gasteiger charge is -2.40. The predicted molar refractivity (Wildman–Crippen MR) is 150 cm³/mol. The van der Waals surface area contributed by atoms with Gasteiger partial charge in [-0.2, -0.15) is 0 Å². The summed E-state index contributed by atoms with van der Waals surface area (Å²) in [7, 11) is 1.69. The van der Waals surface area contributed by atoms with Crippen LogP contribution in [0.2, 0.25) is 5.15 Å². The first-order chi connectivity index (χ1) is 18.4. The standard InChI is InChI=1S/C27H33ClN6O5/c1-14(2)39-27(38)34-10-9-33(13-16(34)4)26-31-22-18(11-15(3)12-19(22)24(35)32(26)6)17(5)29-20-7-8-21(28)30-23(20)25(36)37/h7-8,11-12,14,16-17,29H,9-10,13H2,1-6H3,(H,36,37)/t16-,17+/m0/s1. The van der Waals surface area contributed by atoms with Gasteiger partial charge in [0.1, 0.15) is 5.15 Å². The van der Waals surface area contributed by atoms with Gasteiger partial charge >= 0.3 is 12.1 Å². The minimum atomic E-state index is -1.21. The molecule has 2 N–H and O–H groups in total. The Morgan fingerprint density at radius 1 is 1.18 bits per heavy atom. The first-order valence-corrected chi connectivity index (χ1v) is 13.1. The molecule has 4 rings (SSSR count). The van der Waals surface area contributed by atoms with E-state index >= 15 is 0 Å². The molecule has 0 aliphatic carbocycles. The zero-order valence-electron chi connectivity index (χ0n) is 22.9. The molecule has 2 atom stereocenters. The molecule has 1 amide bonds. The van der Waals surface area contributed by atoms with Crippen LogP contribution in [0.4, 0.5) is 16.4 Å². The van der Waals surface area contributed by atoms with E-state index < -0.39 is 12.0 Å². The van der Waals surface area contributed by atoms with Crippen LogP contribution in [0.25, 0.3) is 10.9 Å². The molecule has 1 aromatic carbocycles. The summed E-state index contributed by atoms with van der Waals surface area (Å²) in [6.07, 6.45) is -0.564. The maximum Gasteiger partial charge on any atom is 0.410 e. The van der Waals surface area contributed by atoms with Gasteiger partial charge in [0, 0.05) is 38.3 Å². The molecule has 3 heterocycles. The number of carbonyl (C=O) groups excluding carboxylic acids is 1. The van der Waals surface area contributed by atoms with Crippen LogP contribution in [0, 0.1) is 6.92 Å². The average molecular weight is 557 g/mol. The molecule has 1 fully saturated rings. The minimum absolute atomic E-state index is 0.0770. The van der Waals surface area contributed by atoms with Crippen LogP contribution in [0.15, 0.2) is 29.1 Å². The van der Waals surface area contributed by atoms with Crippen molar-refractivity contribution >= 4 is 46.2 Å². The van der Waals surface area contributed by atoms with Crippen LogP contribution in [0.5, 0.6) is 0 Å². The van der Waals surface area contributed by atoms with Gasteiger partial charge in [0.05, 0.1) is 28.7 Å². The molecule has 11 nitrogen and oxygen atoms in total. The molecular weight excluding hydrogens is 524 g/mol. The Kier molecular flexibility index (Phi) is 8.01. The highest BCUT2D eigenvalue weighted by molar-refractivity contribution is 6.29. The number of nitrogens with zero attached hydrogens (tertiary/aromatic N) is 5. The summed E-state index contributed by atoms with van der Waals surface area (Å²) in [4.78, 5) is 50.3. The van der Waals surface area contributed by atoms with Gasteiger partial charge in [-0.3, -0.25) is 9.36 Å². The number of carboxylic acid groups (broad SMARTS) is 1. The van der Waals surface area contributed by atoms with Crippen LogP contribution >= 0.6 is 11.6 Å². The van der Waals surface area contributed by atoms with Crippen molar-refractivity contribution in [3.05, 3.63) is 56.6 Å². The summed E-state index contributed by atoms with van der Waals surface area (Å²) in [6.45, 7) is 10.7. The summed E-state index contributed by atoms with van der Waals surface area (Å²) in [5.74, 6) is -0.714. The van der Waals surface area contributed by atoms with Crippen LogP contribution in [-0.4, -0.2) is 68.4 Å². The number of pyridine rings is 1. The van der Waals surface area contributed by atoms with Gasteiger partial charge in [0.25, 0.3) is 5.56 Å². The van der Waals surface area contributed by atoms with E-state index in [2.05, 4.69) is 10.3 Å². The Labute approximate surface area is 231 Å². The number of anilines is 2. The third-order valence-corrected chi connectivity index (χ3v) is 6.92. The van der Waals surface area contributed by atoms with Crippen molar-refractivity contribution in [3.63, 3.8) is 0 Å². The molecular formula is C27H33ClN6O5. The van der Waals surface area contributed by atoms with Crippen LogP contribution in [-0.2, 0) is 11.8 Å². The topological polar surface area (TPSA) is 130 Å². The summed E-state index contributed by atoms with van der Waals surface area (Å²) >= 11 is 5.91. The van der Waals surface area contributed by atoms with Crippen molar-refractivity contribution in [2.24, 2.45) is 7.05 Å². The Balaban J connectivity index is 1.72. The molecule has 0 saturated carbocycles. The Morgan fingerprint density at radius 2 is 1.90 bits per heavy atom. The number of hydrogen-bond acceptors (Lipinski definition) is 8. The molecule has 1 aliphatic rings. The number of aromatic carboxylic acids is 1. The minimum Gasteiger partial charge on any atom is -0.476 e. The molecule has 0 bridgehead atoms. The highest BCUT2D eigenvalue weighted by atomic mass is 35.5. The number of fused-ring (bicyclic) bond motifs is 1. The van der Waals surface area contributed by atoms with Gasteiger partial charge < -0.3 is 25.0 Å². The third-order valence-electron chi connectivity index (χ3n) is 6.71. The van der Waals surface area contributed by atoms with Crippen LogP contribution < -0.4 is 15.8 Å². The van der Waals surface area contributed by atoms with Gasteiger partial charge in [-0.15, -0.1) is 0 Å². The van der Waals surface area contributed by atoms with E-state index in [9.17, 15) is 19.5 Å². The van der Waals surface area contributed by atoms with Crippen LogP contribution in [0.1, 0.15) is 55.4 Å². The summed E-state index contributed by atoms with van der Waals surface area (Å²) in [5.41, 5.74) is 2.04. The van der Waals surface area contributed by atoms with E-state index in [1.54, 1.807) is 24.1 Å². The fourth-order valence-electron chi connectivity index (χ4n) is 4.86. The second-order valence-corrected chi connectivity index (χ2v) is 10.5. The number of piperazine rings is 1. The van der Waals surface area contributed by atoms with E-state index in [4.69, 9.17) is 21.3 Å². The number of benzene rings is 1. The zero-order valence-corrected chi connectivity index (χ0v) is 23.6. The highest BCUT2D eigenvalue weighted by Crippen LogP contribution is 2.29. The molecule has 1 aliphatic heterocycles. The summed E-state index contributed by atoms with van der Waals surface area (Å²) in [6, 6.07) is 6.25. The number of rotatable bonds is 6. The van der Waals surface area contributed by atoms with Crippen molar-refractivity contribution in [1.29, 1.82) is 0 Å². The zero-order chi connectivity index (χ0) is 28.6. The quantitative estimate of drug-likeness (QED) is 0.428. The molecule has 12 heteroatoms. The Hall–Kier alpha value is -3.86. The van der Waals surface area contributed by atoms with Gasteiger partial charge in [-0.05, 0) is 58.4 Å². The number of aromatic nitrogens is 3. The number of aryl methyl sites for hydroxylation is 1. The van der Waals surface area contributed by atoms with Crippen LogP contribution in [0.3, 0.4) is 0 Å². The van der Waals surface area contributed by atoms with E-state index in [1.165, 1.54) is 10.6 Å². The normalized spacial score (nSPS) is 16.5. The lowest BCUT2D eigenvalue weighted by Crippen LogP contribution is -2.55. The lowest BCUT2D eigenvalue weighted by atomic mass is 10.0. The molecule has 208 valence electrons. The number of amides is 1. The van der Waals surface area contributed by atoms with E-state index in [0.29, 0.717) is 42.2 Å². The lowest BCUT2D eigenvalue weighted by molar-refractivity contribution is 0.0622. The van der Waals surface area contributed by atoms with E-state index in [0.717, 1.165) is 11.1 Å². The molecule has 0 radical (unpaired) electrons. The maximum absolute atomic E-state index is 13.5. The van der Waals surface area contributed by atoms with Gasteiger partial charge in [-0.1, -0.05) is 17.7 Å². The summed E-state index contributed by atoms with van der Waals surface area (Å²) in [5, 5.41) is 13.3. The number of hydrogen-bond donors (Lipinski definition) is 2. The van der Waals surface area contributed by atoms with Gasteiger partial charge in [0.15, 0.2) is 5.69 Å². The van der Waals surface area contributed by atoms with Gasteiger partial charge in [0.2, 0.25) is 5.95 Å². The third kappa shape index (κ3) is 5.78. The number of carboxylic acids is 1. The number of nitrogens with one attached hydrogen (secondary N) is 1. The Morgan fingerprint density at radius 3 is 2.54 bits per heavy atom.